The van der Waals surface area contributed by atoms with Crippen molar-refractivity contribution in [3.63, 3.8) is 0 Å². The molecule has 0 atom stereocenters. The highest BCUT2D eigenvalue weighted by Crippen LogP contribution is 2.35. The van der Waals surface area contributed by atoms with Gasteiger partial charge in [0.2, 0.25) is 11.6 Å². The number of phenols is 1. The molecule has 0 aliphatic carbocycles. The third kappa shape index (κ3) is 10.4. The van der Waals surface area contributed by atoms with Crippen molar-refractivity contribution < 1.29 is 43.9 Å². The molecule has 0 saturated carbocycles. The van der Waals surface area contributed by atoms with Gasteiger partial charge in [-0.1, -0.05) is 12.1 Å². The van der Waals surface area contributed by atoms with Gasteiger partial charge in [0.05, 0.1) is 22.7 Å². The Morgan fingerprint density at radius 3 is 1.64 bits per heavy atom. The molecule has 4 rings (SSSR count). The number of ether oxygens (including phenoxy) is 1. The number of hydrogen-bond donors (Lipinski definition) is 5. The van der Waals surface area contributed by atoms with Crippen LogP contribution in [0.4, 0.5) is 27.1 Å². The van der Waals surface area contributed by atoms with Crippen LogP contribution in [-0.2, 0) is 22.4 Å². The average Bonchev–Trinajstić information content (AvgIpc) is 2.99. The summed E-state index contributed by atoms with van der Waals surface area (Å²) in [6, 6.07) is 13.8. The normalized spacial score (nSPS) is 10.1. The maximum atomic E-state index is 12.5. The lowest BCUT2D eigenvalue weighted by Gasteiger charge is -2.13. The van der Waals surface area contributed by atoms with E-state index in [-0.39, 0.29) is 41.4 Å². The van der Waals surface area contributed by atoms with Crippen LogP contribution in [-0.4, -0.2) is 37.1 Å². The molecule has 47 heavy (non-hydrogen) atoms. The van der Waals surface area contributed by atoms with Gasteiger partial charge >= 0.3 is 23.3 Å². The first-order chi connectivity index (χ1) is 21.9. The van der Waals surface area contributed by atoms with Crippen LogP contribution < -0.4 is 16.2 Å². The zero-order chi connectivity index (χ0) is 35.6. The summed E-state index contributed by atoms with van der Waals surface area (Å²) >= 11 is 0. The Hall–Kier alpha value is -6.25. The molecule has 0 aliphatic heterocycles. The van der Waals surface area contributed by atoms with Gasteiger partial charge in [0.1, 0.15) is 11.5 Å². The summed E-state index contributed by atoms with van der Waals surface area (Å²) in [5.74, 6) is -1.92. The maximum absolute atomic E-state index is 12.5. The van der Waals surface area contributed by atoms with Gasteiger partial charge in [0.25, 0.3) is 0 Å². The zero-order valence-electron chi connectivity index (χ0n) is 25.8. The molecule has 0 bridgehead atoms. The van der Waals surface area contributed by atoms with Gasteiger partial charge in [-0.2, -0.15) is 4.39 Å². The lowest BCUT2D eigenvalue weighted by Crippen LogP contribution is -2.04. The molecule has 15 heteroatoms. The van der Waals surface area contributed by atoms with E-state index in [0.29, 0.717) is 11.3 Å². The number of hydrogen-bond acceptors (Lipinski definition) is 10. The van der Waals surface area contributed by atoms with E-state index >= 15 is 0 Å². The number of nitrogens with zero attached hydrogens (tertiary/aromatic N) is 2. The largest absolute Gasteiger partial charge is 0.508 e. The van der Waals surface area contributed by atoms with Crippen LogP contribution in [0, 0.1) is 53.7 Å². The van der Waals surface area contributed by atoms with E-state index in [0.717, 1.165) is 39.9 Å². The van der Waals surface area contributed by atoms with Gasteiger partial charge in [-0.3, -0.25) is 29.8 Å². The lowest BCUT2D eigenvalue weighted by atomic mass is 10.00. The van der Waals surface area contributed by atoms with Crippen molar-refractivity contribution in [3.05, 3.63) is 120 Å². The molecule has 4 aromatic rings. The molecule has 4 aromatic carbocycles. The van der Waals surface area contributed by atoms with Crippen molar-refractivity contribution in [2.75, 3.05) is 11.5 Å². The van der Waals surface area contributed by atoms with Crippen LogP contribution in [0.3, 0.4) is 0 Å². The Bertz CT molecular complexity index is 1830. The summed E-state index contributed by atoms with van der Waals surface area (Å²) in [6.45, 7) is 7.15. The molecule has 14 nitrogen and oxygen atoms in total. The highest BCUT2D eigenvalue weighted by atomic mass is 19.1. The van der Waals surface area contributed by atoms with Gasteiger partial charge in [-0.25, -0.2) is 0 Å². The minimum absolute atomic E-state index is 0.00690. The Kier molecular flexibility index (Phi) is 12.7. The van der Waals surface area contributed by atoms with E-state index < -0.39 is 33.3 Å². The van der Waals surface area contributed by atoms with Gasteiger partial charge in [-0.15, -0.1) is 0 Å². The second kappa shape index (κ2) is 16.2. The molecule has 0 aliphatic rings. The fourth-order valence-electron chi connectivity index (χ4n) is 4.09. The number of nitro groups is 2. The number of halogens is 1. The Morgan fingerprint density at radius 1 is 0.702 bits per heavy atom. The number of nitrogen functional groups attached to an aromatic ring is 2. The average molecular weight is 653 g/mol. The molecule has 0 spiro atoms. The van der Waals surface area contributed by atoms with E-state index in [2.05, 4.69) is 0 Å². The Morgan fingerprint density at radius 2 is 1.15 bits per heavy atom. The van der Waals surface area contributed by atoms with Gasteiger partial charge in [-0.05, 0) is 97.5 Å². The molecule has 7 N–H and O–H groups in total. The van der Waals surface area contributed by atoms with Crippen LogP contribution in [0.15, 0.2) is 60.7 Å². The number of carboxylic acids is 2. The predicted octanol–water partition coefficient (Wildman–Crippen LogP) is 6.17. The van der Waals surface area contributed by atoms with Crippen LogP contribution in [0.25, 0.3) is 0 Å². The van der Waals surface area contributed by atoms with Gasteiger partial charge in [0, 0.05) is 23.5 Å². The topological polar surface area (TPSA) is 242 Å². The molecule has 0 radical (unpaired) electrons. The quantitative estimate of drug-likeness (QED) is 0.0815. The number of anilines is 2. The molecule has 0 unspecified atom stereocenters. The SMILES string of the molecule is Cc1c(CC(=O)O)ccc(Oc2ccc(N)cc2[N+](=O)[O-])c1C.Cc1c(O)ccc(CC(=O)O)c1C.Nc1ccc(F)c([N+](=O)[O-])c1. The maximum Gasteiger partial charge on any atom is 0.313 e. The highest BCUT2D eigenvalue weighted by molar-refractivity contribution is 5.72. The first-order valence-corrected chi connectivity index (χ1v) is 13.6. The number of nitrogens with two attached hydrogens (primary N) is 2. The van der Waals surface area contributed by atoms with Crippen LogP contribution in [0.5, 0.6) is 17.2 Å². The van der Waals surface area contributed by atoms with Crippen molar-refractivity contribution in [1.82, 2.24) is 0 Å². The Labute approximate surface area is 268 Å². The minimum atomic E-state index is -0.921. The number of aliphatic carboxylic acids is 2. The number of carboxylic acid groups (broad SMARTS) is 2. The summed E-state index contributed by atoms with van der Waals surface area (Å²) in [6.07, 6.45) is -0.0814. The molecule has 0 saturated heterocycles. The number of aromatic hydroxyl groups is 1. The summed E-state index contributed by atoms with van der Waals surface area (Å²) < 4.78 is 18.2. The summed E-state index contributed by atoms with van der Waals surface area (Å²) in [4.78, 5) is 41.1. The fraction of sp³-hybridized carbons (Fsp3) is 0.188. The molecule has 0 heterocycles. The third-order valence-corrected chi connectivity index (χ3v) is 6.97. The number of nitro benzene ring substituents is 2. The zero-order valence-corrected chi connectivity index (χ0v) is 25.8. The van der Waals surface area contributed by atoms with Crippen molar-refractivity contribution in [3.8, 4) is 17.2 Å². The van der Waals surface area contributed by atoms with Crippen molar-refractivity contribution in [2.24, 2.45) is 0 Å². The standard InChI is InChI=1S/C16H16N2O5.C10H12O3.C6H5FN2O2/c1-9-10(2)14(5-3-11(9)7-16(19)20)23-15-6-4-12(17)8-13(15)18(21)22;1-6-7(2)9(11)4-3-8(6)5-10(12)13;7-5-2-1-4(8)3-6(5)9(10)11/h3-6,8H,7,17H2,1-2H3,(H,19,20);3-4,11H,5H2,1-2H3,(H,12,13);1-3H,8H2. The molecular formula is C32H33FN4O10. The monoisotopic (exact) mass is 652 g/mol. The number of rotatable bonds is 8. The summed E-state index contributed by atoms with van der Waals surface area (Å²) in [5.41, 5.74) is 14.9. The van der Waals surface area contributed by atoms with E-state index in [1.54, 1.807) is 39.0 Å². The number of carbonyl (C=O) groups is 2. The predicted molar refractivity (Wildman–Crippen MR) is 171 cm³/mol. The van der Waals surface area contributed by atoms with Crippen LogP contribution >= 0.6 is 0 Å². The van der Waals surface area contributed by atoms with Gasteiger partial charge in [0.15, 0.2) is 0 Å². The third-order valence-electron chi connectivity index (χ3n) is 6.97. The second-order valence-corrected chi connectivity index (χ2v) is 10.2. The number of phenolic OH excluding ortho intramolecular Hbond substituents is 1. The lowest BCUT2D eigenvalue weighted by molar-refractivity contribution is -0.387. The van der Waals surface area contributed by atoms with E-state index in [4.69, 9.17) is 26.4 Å². The van der Waals surface area contributed by atoms with Crippen LogP contribution in [0.2, 0.25) is 0 Å². The Balaban J connectivity index is 0.000000270. The van der Waals surface area contributed by atoms with Crippen LogP contribution in [0.1, 0.15) is 33.4 Å². The van der Waals surface area contributed by atoms with E-state index in [1.807, 2.05) is 6.92 Å². The smallest absolute Gasteiger partial charge is 0.313 e. The first-order valence-electron chi connectivity index (χ1n) is 13.6. The first kappa shape index (κ1) is 36.9. The van der Waals surface area contributed by atoms with Crippen molar-refractivity contribution in [1.29, 1.82) is 0 Å². The van der Waals surface area contributed by atoms with Crippen molar-refractivity contribution >= 4 is 34.7 Å². The number of benzene rings is 4. The minimum Gasteiger partial charge on any atom is -0.508 e. The molecule has 0 amide bonds. The second-order valence-electron chi connectivity index (χ2n) is 10.2. The molecule has 248 valence electrons. The fourth-order valence-corrected chi connectivity index (χ4v) is 4.09. The van der Waals surface area contributed by atoms with E-state index in [1.165, 1.54) is 30.3 Å². The molecular weight excluding hydrogens is 619 g/mol. The summed E-state index contributed by atoms with van der Waals surface area (Å²) in [7, 11) is 0. The highest BCUT2D eigenvalue weighted by Gasteiger charge is 2.18. The summed E-state index contributed by atoms with van der Waals surface area (Å²) in [5, 5.41) is 48.0. The molecule has 0 aromatic heterocycles. The van der Waals surface area contributed by atoms with Crippen molar-refractivity contribution in [2.45, 2.75) is 40.5 Å². The molecule has 0 fully saturated rings. The van der Waals surface area contributed by atoms with Gasteiger partial charge < -0.3 is 31.5 Å². The van der Waals surface area contributed by atoms with E-state index in [9.17, 15) is 39.3 Å².